The average molecular weight is 351 g/mol. The number of sulfonamides is 1. The summed E-state index contributed by atoms with van der Waals surface area (Å²) < 4.78 is 27.9. The van der Waals surface area contributed by atoms with Crippen molar-refractivity contribution in [2.24, 2.45) is 4.40 Å². The zero-order valence-corrected chi connectivity index (χ0v) is 13.9. The Bertz CT molecular complexity index is 833. The summed E-state index contributed by atoms with van der Waals surface area (Å²) in [6.45, 7) is 0.261. The Labute approximate surface area is 139 Å². The first-order valence-corrected chi connectivity index (χ1v) is 8.93. The second kappa shape index (κ2) is 5.90. The van der Waals surface area contributed by atoms with E-state index in [1.165, 1.54) is 15.9 Å². The van der Waals surface area contributed by atoms with Gasteiger partial charge in [-0.1, -0.05) is 12.1 Å². The lowest BCUT2D eigenvalue weighted by molar-refractivity contribution is -0.148. The number of amidine groups is 1. The number of likely N-dealkylation sites (tertiary alicyclic amines) is 1. The summed E-state index contributed by atoms with van der Waals surface area (Å²) in [4.78, 5) is 26.5. The van der Waals surface area contributed by atoms with Crippen molar-refractivity contribution in [2.75, 3.05) is 20.1 Å². The number of hydrogen-bond donors (Lipinski definition) is 1. The van der Waals surface area contributed by atoms with Gasteiger partial charge in [-0.3, -0.25) is 4.79 Å². The van der Waals surface area contributed by atoms with E-state index in [9.17, 15) is 18.0 Å². The molecular weight excluding hydrogens is 334 g/mol. The number of fused-ring (bicyclic) bond motifs is 1. The molecule has 1 aromatic rings. The number of carboxylic acid groups (broad SMARTS) is 1. The lowest BCUT2D eigenvalue weighted by Crippen LogP contribution is -2.46. The first-order valence-electron chi connectivity index (χ1n) is 7.49. The highest BCUT2D eigenvalue weighted by Crippen LogP contribution is 2.27. The van der Waals surface area contributed by atoms with Gasteiger partial charge in [0, 0.05) is 19.2 Å². The zero-order valence-electron chi connectivity index (χ0n) is 13.0. The van der Waals surface area contributed by atoms with Crippen molar-refractivity contribution >= 4 is 27.7 Å². The lowest BCUT2D eigenvalue weighted by Gasteiger charge is -2.25. The van der Waals surface area contributed by atoms with E-state index < -0.39 is 22.0 Å². The molecule has 128 valence electrons. The topological polar surface area (TPSA) is 107 Å². The lowest BCUT2D eigenvalue weighted by atomic mass is 10.2. The molecule has 0 bridgehead atoms. The minimum Gasteiger partial charge on any atom is -0.480 e. The van der Waals surface area contributed by atoms with Gasteiger partial charge in [0.2, 0.25) is 5.91 Å². The van der Waals surface area contributed by atoms with Crippen LogP contribution >= 0.6 is 0 Å². The Morgan fingerprint density at radius 2 is 2.08 bits per heavy atom. The molecule has 1 saturated heterocycles. The van der Waals surface area contributed by atoms with Gasteiger partial charge in [-0.25, -0.2) is 4.79 Å². The van der Waals surface area contributed by atoms with Crippen LogP contribution in [-0.4, -0.2) is 67.2 Å². The van der Waals surface area contributed by atoms with Crippen LogP contribution in [0.1, 0.15) is 18.4 Å². The molecule has 0 spiro atoms. The minimum absolute atomic E-state index is 0.115. The molecule has 8 nitrogen and oxygen atoms in total. The monoisotopic (exact) mass is 351 g/mol. The van der Waals surface area contributed by atoms with E-state index >= 15 is 0 Å². The Morgan fingerprint density at radius 3 is 2.79 bits per heavy atom. The van der Waals surface area contributed by atoms with Crippen LogP contribution in [-0.2, 0) is 19.6 Å². The van der Waals surface area contributed by atoms with Gasteiger partial charge < -0.3 is 14.9 Å². The van der Waals surface area contributed by atoms with Crippen molar-refractivity contribution in [3.05, 3.63) is 29.8 Å². The summed E-state index contributed by atoms with van der Waals surface area (Å²) in [6.07, 6.45) is 1.08. The van der Waals surface area contributed by atoms with Crippen LogP contribution in [0.3, 0.4) is 0 Å². The third-order valence-electron chi connectivity index (χ3n) is 4.20. The van der Waals surface area contributed by atoms with Crippen LogP contribution in [0.2, 0.25) is 0 Å². The van der Waals surface area contributed by atoms with Crippen molar-refractivity contribution in [1.82, 2.24) is 9.80 Å². The maximum atomic E-state index is 12.4. The summed E-state index contributed by atoms with van der Waals surface area (Å²) in [7, 11) is -2.18. The van der Waals surface area contributed by atoms with Gasteiger partial charge in [0.1, 0.15) is 10.9 Å². The summed E-state index contributed by atoms with van der Waals surface area (Å²) >= 11 is 0. The molecule has 9 heteroatoms. The molecule has 0 aliphatic carbocycles. The van der Waals surface area contributed by atoms with Gasteiger partial charge in [-0.15, -0.1) is 4.40 Å². The summed E-state index contributed by atoms with van der Waals surface area (Å²) in [5.41, 5.74) is 0.448. The molecule has 1 aromatic carbocycles. The number of hydrogen-bond acceptors (Lipinski definition) is 5. The highest BCUT2D eigenvalue weighted by Gasteiger charge is 2.36. The van der Waals surface area contributed by atoms with Crippen molar-refractivity contribution in [1.29, 1.82) is 0 Å². The van der Waals surface area contributed by atoms with Crippen LogP contribution in [0, 0.1) is 0 Å². The SMILES string of the molecule is CN(CC(=O)N1CCC[C@H]1C(=O)O)C1=NS(=O)(=O)c2ccccc21. The summed E-state index contributed by atoms with van der Waals surface area (Å²) in [5.74, 6) is -1.17. The van der Waals surface area contributed by atoms with E-state index in [-0.39, 0.29) is 23.2 Å². The smallest absolute Gasteiger partial charge is 0.326 e. The summed E-state index contributed by atoms with van der Waals surface area (Å²) in [5, 5.41) is 9.17. The zero-order chi connectivity index (χ0) is 17.5. The third-order valence-corrected chi connectivity index (χ3v) is 5.53. The van der Waals surface area contributed by atoms with Crippen molar-refractivity contribution in [3.63, 3.8) is 0 Å². The largest absolute Gasteiger partial charge is 0.480 e. The van der Waals surface area contributed by atoms with E-state index in [1.807, 2.05) is 0 Å². The van der Waals surface area contributed by atoms with E-state index in [1.54, 1.807) is 25.2 Å². The molecule has 24 heavy (non-hydrogen) atoms. The van der Waals surface area contributed by atoms with Crippen molar-refractivity contribution in [2.45, 2.75) is 23.8 Å². The molecule has 2 aliphatic heterocycles. The van der Waals surface area contributed by atoms with Crippen molar-refractivity contribution < 1.29 is 23.1 Å². The van der Waals surface area contributed by atoms with E-state index in [4.69, 9.17) is 5.11 Å². The maximum Gasteiger partial charge on any atom is 0.326 e. The first-order chi connectivity index (χ1) is 11.3. The molecule has 2 aliphatic rings. The Morgan fingerprint density at radius 1 is 1.38 bits per heavy atom. The van der Waals surface area contributed by atoms with Crippen LogP contribution in [0.5, 0.6) is 0 Å². The molecule has 0 saturated carbocycles. The second-order valence-corrected chi connectivity index (χ2v) is 7.40. The Hall–Kier alpha value is -2.42. The van der Waals surface area contributed by atoms with Gasteiger partial charge in [0.25, 0.3) is 10.0 Å². The van der Waals surface area contributed by atoms with Crippen LogP contribution in [0.25, 0.3) is 0 Å². The highest BCUT2D eigenvalue weighted by molar-refractivity contribution is 7.90. The molecular formula is C15H17N3O5S. The molecule has 0 aromatic heterocycles. The van der Waals surface area contributed by atoms with Crippen LogP contribution in [0.15, 0.2) is 33.6 Å². The Balaban J connectivity index is 1.80. The molecule has 1 atom stereocenters. The number of amides is 1. The minimum atomic E-state index is -3.75. The first kappa shape index (κ1) is 16.4. The molecule has 1 amide bonds. The number of carbonyl (C=O) groups is 2. The molecule has 0 unspecified atom stereocenters. The predicted molar refractivity (Wildman–Crippen MR) is 85.2 cm³/mol. The fourth-order valence-electron chi connectivity index (χ4n) is 3.05. The maximum absolute atomic E-state index is 12.4. The third kappa shape index (κ3) is 2.75. The van der Waals surface area contributed by atoms with Gasteiger partial charge in [-0.2, -0.15) is 8.42 Å². The number of nitrogens with zero attached hydrogens (tertiary/aromatic N) is 3. The number of carbonyl (C=O) groups excluding carboxylic acids is 1. The van der Waals surface area contributed by atoms with Crippen LogP contribution in [0.4, 0.5) is 0 Å². The molecule has 1 fully saturated rings. The number of likely N-dealkylation sites (N-methyl/N-ethyl adjacent to an activating group) is 1. The molecule has 3 rings (SSSR count). The average Bonchev–Trinajstić information content (AvgIpc) is 3.11. The summed E-state index contributed by atoms with van der Waals surface area (Å²) in [6, 6.07) is 5.60. The van der Waals surface area contributed by atoms with Crippen molar-refractivity contribution in [3.8, 4) is 0 Å². The normalized spacial score (nSPS) is 21.3. The van der Waals surface area contributed by atoms with Gasteiger partial charge in [-0.05, 0) is 25.0 Å². The molecule has 0 radical (unpaired) electrons. The van der Waals surface area contributed by atoms with E-state index in [0.29, 0.717) is 24.9 Å². The fraction of sp³-hybridized carbons (Fsp3) is 0.400. The van der Waals surface area contributed by atoms with Gasteiger partial charge in [0.15, 0.2) is 5.84 Å². The van der Waals surface area contributed by atoms with Gasteiger partial charge in [0.05, 0.1) is 6.54 Å². The number of rotatable bonds is 3. The predicted octanol–water partition coefficient (Wildman–Crippen LogP) is 0.143. The highest BCUT2D eigenvalue weighted by atomic mass is 32.2. The number of aliphatic carboxylic acids is 1. The quantitative estimate of drug-likeness (QED) is 0.830. The van der Waals surface area contributed by atoms with E-state index in [2.05, 4.69) is 4.40 Å². The number of carboxylic acids is 1. The molecule has 2 heterocycles. The second-order valence-electron chi connectivity index (χ2n) is 5.83. The van der Waals surface area contributed by atoms with Crippen LogP contribution < -0.4 is 0 Å². The van der Waals surface area contributed by atoms with E-state index in [0.717, 1.165) is 0 Å². The number of benzene rings is 1. The molecule has 1 N–H and O–H groups in total. The Kier molecular flexibility index (Phi) is 4.04. The van der Waals surface area contributed by atoms with Gasteiger partial charge >= 0.3 is 5.97 Å². The fourth-order valence-corrected chi connectivity index (χ4v) is 4.31. The standard InChI is InChI=1S/C15H17N3O5S/c1-17(9-13(19)18-8-4-6-11(18)15(20)21)14-10-5-2-3-7-12(10)24(22,23)16-14/h2-3,5,7,11H,4,6,8-9H2,1H3,(H,20,21)/t11-/m0/s1.